The molecule has 1 heterocycles. The van der Waals surface area contributed by atoms with Crippen molar-refractivity contribution < 1.29 is 9.90 Å². The summed E-state index contributed by atoms with van der Waals surface area (Å²) in [5, 5.41) is 12.2. The van der Waals surface area contributed by atoms with E-state index in [0.717, 1.165) is 13.1 Å². The lowest BCUT2D eigenvalue weighted by molar-refractivity contribution is -0.126. The molecule has 18 heavy (non-hydrogen) atoms. The van der Waals surface area contributed by atoms with Gasteiger partial charge in [-0.25, -0.2) is 0 Å². The van der Waals surface area contributed by atoms with Crippen LogP contribution in [-0.2, 0) is 4.79 Å². The Balaban J connectivity index is 2.18. The third-order valence-electron chi connectivity index (χ3n) is 4.25. The van der Waals surface area contributed by atoms with Gasteiger partial charge >= 0.3 is 0 Å². The predicted molar refractivity (Wildman–Crippen MR) is 71.2 cm³/mol. The molecule has 0 spiro atoms. The molecule has 2 N–H and O–H groups in total. The van der Waals surface area contributed by atoms with Gasteiger partial charge in [0.05, 0.1) is 6.04 Å². The molecule has 0 radical (unpaired) electrons. The Morgan fingerprint density at radius 1 is 1.39 bits per heavy atom. The highest BCUT2D eigenvalue weighted by atomic mass is 16.3. The van der Waals surface area contributed by atoms with Crippen molar-refractivity contribution in [3.05, 3.63) is 0 Å². The Hall–Kier alpha value is -0.610. The van der Waals surface area contributed by atoms with Gasteiger partial charge < -0.3 is 10.4 Å². The summed E-state index contributed by atoms with van der Waals surface area (Å²) >= 11 is 0. The third-order valence-corrected chi connectivity index (χ3v) is 4.25. The van der Waals surface area contributed by atoms with Gasteiger partial charge in [-0.05, 0) is 24.7 Å². The molecule has 2 aliphatic rings. The van der Waals surface area contributed by atoms with Gasteiger partial charge in [-0.15, -0.1) is 0 Å². The maximum Gasteiger partial charge on any atom is 0.237 e. The van der Waals surface area contributed by atoms with E-state index in [-0.39, 0.29) is 24.0 Å². The normalized spacial score (nSPS) is 30.2. The fraction of sp³-hybridized carbons (Fsp3) is 0.929. The van der Waals surface area contributed by atoms with Crippen molar-refractivity contribution in [2.24, 2.45) is 5.41 Å². The zero-order valence-corrected chi connectivity index (χ0v) is 11.6. The molecule has 1 aliphatic heterocycles. The minimum absolute atomic E-state index is 0.0851. The standard InChI is InChI=1S/C14H26N2O2/c1-14(2)9-15-13(18)12(7-8-17)16(10-14)11-5-3-4-6-11/h11-12,17H,3-10H2,1-2H3,(H,15,18). The monoisotopic (exact) mass is 254 g/mol. The van der Waals surface area contributed by atoms with Crippen molar-refractivity contribution in [2.45, 2.75) is 58.0 Å². The second-order valence-corrected chi connectivity index (χ2v) is 6.52. The highest BCUT2D eigenvalue weighted by molar-refractivity contribution is 5.82. The number of amides is 1. The molecule has 104 valence electrons. The Bertz CT molecular complexity index is 298. The average Bonchev–Trinajstić information content (AvgIpc) is 2.81. The molecule has 1 unspecified atom stereocenters. The molecule has 4 heteroatoms. The minimum atomic E-state index is -0.139. The number of hydrogen-bond acceptors (Lipinski definition) is 3. The summed E-state index contributed by atoms with van der Waals surface area (Å²) in [6, 6.07) is 0.393. The van der Waals surface area contributed by atoms with Crippen LogP contribution in [0.25, 0.3) is 0 Å². The largest absolute Gasteiger partial charge is 0.396 e. The summed E-state index contributed by atoms with van der Waals surface area (Å²) in [6.07, 6.45) is 5.50. The summed E-state index contributed by atoms with van der Waals surface area (Å²) < 4.78 is 0. The number of rotatable bonds is 3. The molecule has 1 aliphatic carbocycles. The first kappa shape index (κ1) is 13.8. The van der Waals surface area contributed by atoms with E-state index in [9.17, 15) is 9.90 Å². The Kier molecular flexibility index (Phi) is 4.28. The zero-order valence-electron chi connectivity index (χ0n) is 11.6. The van der Waals surface area contributed by atoms with E-state index in [0.29, 0.717) is 12.5 Å². The number of aliphatic hydroxyl groups is 1. The second-order valence-electron chi connectivity index (χ2n) is 6.52. The maximum atomic E-state index is 12.2. The van der Waals surface area contributed by atoms with E-state index in [4.69, 9.17) is 0 Å². The molecule has 1 saturated carbocycles. The van der Waals surface area contributed by atoms with Crippen LogP contribution in [0, 0.1) is 5.41 Å². The third kappa shape index (κ3) is 3.04. The molecule has 1 atom stereocenters. The van der Waals surface area contributed by atoms with Crippen molar-refractivity contribution >= 4 is 5.91 Å². The van der Waals surface area contributed by atoms with E-state index >= 15 is 0 Å². The summed E-state index contributed by atoms with van der Waals surface area (Å²) in [5.41, 5.74) is 0.114. The number of aliphatic hydroxyl groups excluding tert-OH is 1. The first-order valence-corrected chi connectivity index (χ1v) is 7.18. The summed E-state index contributed by atoms with van der Waals surface area (Å²) in [7, 11) is 0. The lowest BCUT2D eigenvalue weighted by Crippen LogP contribution is -2.49. The molecule has 1 saturated heterocycles. The number of nitrogens with zero attached hydrogens (tertiary/aromatic N) is 1. The van der Waals surface area contributed by atoms with Crippen LogP contribution in [0.15, 0.2) is 0 Å². The molecule has 1 amide bonds. The minimum Gasteiger partial charge on any atom is -0.396 e. The molecule has 0 aromatic rings. The Labute approximate surface area is 110 Å². The molecule has 4 nitrogen and oxygen atoms in total. The molecule has 0 aromatic heterocycles. The van der Waals surface area contributed by atoms with E-state index in [1.165, 1.54) is 25.7 Å². The van der Waals surface area contributed by atoms with Crippen LogP contribution in [-0.4, -0.2) is 47.7 Å². The van der Waals surface area contributed by atoms with E-state index in [2.05, 4.69) is 24.1 Å². The number of carbonyl (C=O) groups excluding carboxylic acids is 1. The van der Waals surface area contributed by atoms with Crippen molar-refractivity contribution in [1.82, 2.24) is 10.2 Å². The lowest BCUT2D eigenvalue weighted by atomic mass is 9.92. The highest BCUT2D eigenvalue weighted by Gasteiger charge is 2.38. The Morgan fingerprint density at radius 3 is 2.67 bits per heavy atom. The SMILES string of the molecule is CC1(C)CNC(=O)C(CCO)N(C2CCCC2)C1. The molecule has 2 fully saturated rings. The van der Waals surface area contributed by atoms with Crippen LogP contribution in [0.3, 0.4) is 0 Å². The van der Waals surface area contributed by atoms with Crippen LogP contribution >= 0.6 is 0 Å². The van der Waals surface area contributed by atoms with Gasteiger partial charge in [0.1, 0.15) is 0 Å². The van der Waals surface area contributed by atoms with Crippen molar-refractivity contribution in [3.63, 3.8) is 0 Å². The highest BCUT2D eigenvalue weighted by Crippen LogP contribution is 2.31. The first-order chi connectivity index (χ1) is 8.53. The maximum absolute atomic E-state index is 12.2. The summed E-state index contributed by atoms with van der Waals surface area (Å²) in [4.78, 5) is 14.6. The van der Waals surface area contributed by atoms with Gasteiger partial charge in [-0.3, -0.25) is 9.69 Å². The van der Waals surface area contributed by atoms with Gasteiger partial charge in [0.15, 0.2) is 0 Å². The van der Waals surface area contributed by atoms with Gasteiger partial charge in [-0.2, -0.15) is 0 Å². The van der Waals surface area contributed by atoms with E-state index in [1.807, 2.05) is 0 Å². The first-order valence-electron chi connectivity index (χ1n) is 7.18. The molecule has 0 bridgehead atoms. The van der Waals surface area contributed by atoms with Gasteiger partial charge in [0, 0.05) is 25.7 Å². The predicted octanol–water partition coefficient (Wildman–Crippen LogP) is 1.14. The van der Waals surface area contributed by atoms with Crippen molar-refractivity contribution in [2.75, 3.05) is 19.7 Å². The number of carbonyl (C=O) groups is 1. The zero-order chi connectivity index (χ0) is 13.2. The van der Waals surface area contributed by atoms with Gasteiger partial charge in [0.2, 0.25) is 5.91 Å². The lowest BCUT2D eigenvalue weighted by Gasteiger charge is -2.37. The molecule has 0 aromatic carbocycles. The molecule has 2 rings (SSSR count). The van der Waals surface area contributed by atoms with Crippen molar-refractivity contribution in [1.29, 1.82) is 0 Å². The summed E-state index contributed by atoms with van der Waals surface area (Å²) in [6.45, 7) is 6.17. The van der Waals surface area contributed by atoms with Crippen LogP contribution in [0.4, 0.5) is 0 Å². The van der Waals surface area contributed by atoms with Crippen LogP contribution in [0.1, 0.15) is 46.0 Å². The molecular weight excluding hydrogens is 228 g/mol. The number of nitrogens with one attached hydrogen (secondary N) is 1. The fourth-order valence-electron chi connectivity index (χ4n) is 3.29. The smallest absolute Gasteiger partial charge is 0.237 e. The van der Waals surface area contributed by atoms with Gasteiger partial charge in [0.25, 0.3) is 0 Å². The molecular formula is C14H26N2O2. The van der Waals surface area contributed by atoms with E-state index in [1.54, 1.807) is 0 Å². The van der Waals surface area contributed by atoms with Crippen LogP contribution in [0.2, 0.25) is 0 Å². The van der Waals surface area contributed by atoms with Crippen LogP contribution < -0.4 is 5.32 Å². The van der Waals surface area contributed by atoms with E-state index < -0.39 is 0 Å². The van der Waals surface area contributed by atoms with Crippen molar-refractivity contribution in [3.8, 4) is 0 Å². The fourth-order valence-corrected chi connectivity index (χ4v) is 3.29. The topological polar surface area (TPSA) is 52.6 Å². The van der Waals surface area contributed by atoms with Crippen LogP contribution in [0.5, 0.6) is 0 Å². The van der Waals surface area contributed by atoms with Gasteiger partial charge in [-0.1, -0.05) is 26.7 Å². The number of hydrogen-bond donors (Lipinski definition) is 2. The Morgan fingerprint density at radius 2 is 2.06 bits per heavy atom. The second kappa shape index (κ2) is 5.57. The summed E-state index contributed by atoms with van der Waals surface area (Å²) in [5.74, 6) is 0.0986. The average molecular weight is 254 g/mol. The quantitative estimate of drug-likeness (QED) is 0.794.